The largest absolute Gasteiger partial charge is 0.496 e. The molecule has 2 aromatic rings. The molecule has 1 atom stereocenters. The highest BCUT2D eigenvalue weighted by atomic mass is 16.5. The first-order chi connectivity index (χ1) is 12.5. The molecule has 0 amide bonds. The molecule has 2 N–H and O–H groups in total. The monoisotopic (exact) mass is 357 g/mol. The predicted molar refractivity (Wildman–Crippen MR) is 103 cm³/mol. The van der Waals surface area contributed by atoms with Gasteiger partial charge in [-0.1, -0.05) is 37.6 Å². The molecule has 0 spiro atoms. The van der Waals surface area contributed by atoms with Crippen LogP contribution in [-0.4, -0.2) is 33.3 Å². The fourth-order valence-electron chi connectivity index (χ4n) is 2.98. The van der Waals surface area contributed by atoms with Crippen LogP contribution in [0.25, 0.3) is 11.1 Å². The standard InChI is InChI=1S/C21H27NO4/c1-5-6-15-12-18(24-2)20(19(13-15)25-3)16-9-7-14(8-10-16)11-17(22)21(23)26-4/h7-10,12-13,17H,5-6,11,22H2,1-4H3/t17-/m0/s1. The quantitative estimate of drug-likeness (QED) is 0.734. The third-order valence-corrected chi connectivity index (χ3v) is 4.31. The minimum atomic E-state index is -0.664. The van der Waals surface area contributed by atoms with Crippen molar-refractivity contribution in [3.63, 3.8) is 0 Å². The minimum Gasteiger partial charge on any atom is -0.496 e. The highest BCUT2D eigenvalue weighted by Crippen LogP contribution is 2.40. The topological polar surface area (TPSA) is 70.8 Å². The molecule has 0 aromatic heterocycles. The van der Waals surface area contributed by atoms with Crippen molar-refractivity contribution >= 4 is 5.97 Å². The van der Waals surface area contributed by atoms with Crippen molar-refractivity contribution in [1.29, 1.82) is 0 Å². The summed E-state index contributed by atoms with van der Waals surface area (Å²) in [7, 11) is 4.67. The van der Waals surface area contributed by atoms with Gasteiger partial charge >= 0.3 is 5.97 Å². The number of benzene rings is 2. The van der Waals surface area contributed by atoms with Crippen LogP contribution in [0.15, 0.2) is 36.4 Å². The van der Waals surface area contributed by atoms with E-state index in [0.717, 1.165) is 41.0 Å². The predicted octanol–water partition coefficient (Wildman–Crippen LogP) is 3.37. The van der Waals surface area contributed by atoms with Crippen molar-refractivity contribution in [3.8, 4) is 22.6 Å². The van der Waals surface area contributed by atoms with Crippen molar-refractivity contribution in [1.82, 2.24) is 0 Å². The van der Waals surface area contributed by atoms with E-state index in [2.05, 4.69) is 23.8 Å². The molecule has 0 aliphatic rings. The second-order valence-corrected chi connectivity index (χ2v) is 6.16. The van der Waals surface area contributed by atoms with Gasteiger partial charge in [0.05, 0.1) is 26.9 Å². The second kappa shape index (κ2) is 9.25. The maximum Gasteiger partial charge on any atom is 0.322 e. The molecule has 0 saturated heterocycles. The molecule has 2 aromatic carbocycles. The van der Waals surface area contributed by atoms with Gasteiger partial charge in [-0.05, 0) is 41.7 Å². The van der Waals surface area contributed by atoms with Crippen LogP contribution < -0.4 is 15.2 Å². The lowest BCUT2D eigenvalue weighted by Crippen LogP contribution is -2.33. The molecule has 0 fully saturated rings. The summed E-state index contributed by atoms with van der Waals surface area (Å²) >= 11 is 0. The molecule has 5 heteroatoms. The summed E-state index contributed by atoms with van der Waals surface area (Å²) in [6.07, 6.45) is 2.45. The zero-order valence-electron chi connectivity index (χ0n) is 15.9. The lowest BCUT2D eigenvalue weighted by atomic mass is 9.97. The number of carbonyl (C=O) groups is 1. The lowest BCUT2D eigenvalue weighted by molar-refractivity contribution is -0.142. The number of rotatable bonds is 8. The van der Waals surface area contributed by atoms with Gasteiger partial charge in [-0.25, -0.2) is 0 Å². The third-order valence-electron chi connectivity index (χ3n) is 4.31. The Bertz CT molecular complexity index is 715. The highest BCUT2D eigenvalue weighted by Gasteiger charge is 2.17. The lowest BCUT2D eigenvalue weighted by Gasteiger charge is -2.16. The summed E-state index contributed by atoms with van der Waals surface area (Å²) in [5.74, 6) is 1.16. The summed E-state index contributed by atoms with van der Waals surface area (Å²) in [5, 5.41) is 0. The van der Waals surface area contributed by atoms with Crippen LogP contribution in [0, 0.1) is 0 Å². The highest BCUT2D eigenvalue weighted by molar-refractivity contribution is 5.78. The van der Waals surface area contributed by atoms with E-state index in [9.17, 15) is 4.79 Å². The van der Waals surface area contributed by atoms with E-state index >= 15 is 0 Å². The van der Waals surface area contributed by atoms with Crippen LogP contribution in [0.3, 0.4) is 0 Å². The molecule has 0 heterocycles. The van der Waals surface area contributed by atoms with Crippen LogP contribution >= 0.6 is 0 Å². The van der Waals surface area contributed by atoms with Crippen LogP contribution in [0.2, 0.25) is 0 Å². The van der Waals surface area contributed by atoms with Gasteiger partial charge in [0.1, 0.15) is 17.5 Å². The number of carbonyl (C=O) groups excluding carboxylic acids is 1. The number of nitrogens with two attached hydrogens (primary N) is 1. The molecule has 0 aliphatic heterocycles. The van der Waals surface area contributed by atoms with E-state index in [1.165, 1.54) is 12.7 Å². The Hall–Kier alpha value is -2.53. The zero-order valence-corrected chi connectivity index (χ0v) is 15.9. The van der Waals surface area contributed by atoms with Crippen LogP contribution in [0.1, 0.15) is 24.5 Å². The first-order valence-corrected chi connectivity index (χ1v) is 8.71. The molecule has 0 saturated carbocycles. The van der Waals surface area contributed by atoms with Crippen LogP contribution in [-0.2, 0) is 22.4 Å². The Balaban J connectivity index is 2.34. The second-order valence-electron chi connectivity index (χ2n) is 6.16. The molecular weight excluding hydrogens is 330 g/mol. The van der Waals surface area contributed by atoms with E-state index in [1.807, 2.05) is 24.3 Å². The van der Waals surface area contributed by atoms with Crippen molar-refractivity contribution in [3.05, 3.63) is 47.5 Å². The van der Waals surface area contributed by atoms with E-state index in [0.29, 0.717) is 6.42 Å². The normalized spacial score (nSPS) is 11.7. The fraction of sp³-hybridized carbons (Fsp3) is 0.381. The Morgan fingerprint density at radius 1 is 1.00 bits per heavy atom. The van der Waals surface area contributed by atoms with Gasteiger partial charge in [0.25, 0.3) is 0 Å². The van der Waals surface area contributed by atoms with Gasteiger partial charge in [0.15, 0.2) is 0 Å². The minimum absolute atomic E-state index is 0.413. The van der Waals surface area contributed by atoms with E-state index in [-0.39, 0.29) is 0 Å². The Labute approximate surface area is 155 Å². The average molecular weight is 357 g/mol. The molecule has 2 rings (SSSR count). The van der Waals surface area contributed by atoms with Gasteiger partial charge in [-0.2, -0.15) is 0 Å². The Kier molecular flexibility index (Phi) is 7.04. The van der Waals surface area contributed by atoms with E-state index in [4.69, 9.17) is 15.2 Å². The summed E-state index contributed by atoms with van der Waals surface area (Å²) in [6, 6.07) is 11.3. The number of ether oxygens (including phenoxy) is 3. The SMILES string of the molecule is CCCc1cc(OC)c(-c2ccc(C[C@H](N)C(=O)OC)cc2)c(OC)c1. The van der Waals surface area contributed by atoms with Gasteiger partial charge in [-0.15, -0.1) is 0 Å². The van der Waals surface area contributed by atoms with Crippen molar-refractivity contribution in [2.24, 2.45) is 5.73 Å². The molecule has 26 heavy (non-hydrogen) atoms. The Morgan fingerprint density at radius 3 is 2.04 bits per heavy atom. The Morgan fingerprint density at radius 2 is 1.58 bits per heavy atom. The van der Waals surface area contributed by atoms with Crippen molar-refractivity contribution in [2.45, 2.75) is 32.2 Å². The van der Waals surface area contributed by atoms with Crippen molar-refractivity contribution < 1.29 is 19.0 Å². The fourth-order valence-corrected chi connectivity index (χ4v) is 2.98. The summed E-state index contributed by atoms with van der Waals surface area (Å²) in [6.45, 7) is 2.14. The first kappa shape index (κ1) is 19.8. The summed E-state index contributed by atoms with van der Waals surface area (Å²) < 4.78 is 15.9. The molecule has 0 bridgehead atoms. The van der Waals surface area contributed by atoms with Gasteiger partial charge < -0.3 is 19.9 Å². The maximum absolute atomic E-state index is 11.5. The number of aryl methyl sites for hydroxylation is 1. The molecule has 140 valence electrons. The van der Waals surface area contributed by atoms with E-state index in [1.54, 1.807) is 14.2 Å². The van der Waals surface area contributed by atoms with Gasteiger partial charge in [0, 0.05) is 0 Å². The molecule has 0 radical (unpaired) electrons. The van der Waals surface area contributed by atoms with Gasteiger partial charge in [-0.3, -0.25) is 4.79 Å². The molecule has 5 nitrogen and oxygen atoms in total. The average Bonchev–Trinajstić information content (AvgIpc) is 2.67. The number of esters is 1. The smallest absolute Gasteiger partial charge is 0.322 e. The number of hydrogen-bond acceptors (Lipinski definition) is 5. The third kappa shape index (κ3) is 4.55. The number of hydrogen-bond donors (Lipinski definition) is 1. The molecule has 0 unspecified atom stereocenters. The maximum atomic E-state index is 11.5. The first-order valence-electron chi connectivity index (χ1n) is 8.71. The van der Waals surface area contributed by atoms with Crippen molar-refractivity contribution in [2.75, 3.05) is 21.3 Å². The molecule has 0 aliphatic carbocycles. The number of methoxy groups -OCH3 is 3. The summed E-state index contributed by atoms with van der Waals surface area (Å²) in [4.78, 5) is 11.5. The van der Waals surface area contributed by atoms with Gasteiger partial charge in [0.2, 0.25) is 0 Å². The summed E-state index contributed by atoms with van der Waals surface area (Å²) in [5.41, 5.74) is 9.88. The van der Waals surface area contributed by atoms with Crippen LogP contribution in [0.4, 0.5) is 0 Å². The molecular formula is C21H27NO4. The van der Waals surface area contributed by atoms with E-state index < -0.39 is 12.0 Å². The van der Waals surface area contributed by atoms with Crippen LogP contribution in [0.5, 0.6) is 11.5 Å². The zero-order chi connectivity index (χ0) is 19.1.